The number of aromatic nitrogens is 1. The maximum Gasteiger partial charge on any atom is 0.352 e. The maximum atomic E-state index is 11.0. The van der Waals surface area contributed by atoms with Gasteiger partial charge in [0.1, 0.15) is 5.69 Å². The van der Waals surface area contributed by atoms with Crippen molar-refractivity contribution in [2.45, 2.75) is 18.9 Å². The number of hydrogen-bond donors (Lipinski definition) is 1. The molecular formula is C12H15N3O2. The number of hydrogen-bond acceptors (Lipinski definition) is 3. The first-order chi connectivity index (χ1) is 8.22. The largest absolute Gasteiger partial charge is 0.477 e. The van der Waals surface area contributed by atoms with Gasteiger partial charge in [-0.3, -0.25) is 4.90 Å². The molecule has 17 heavy (non-hydrogen) atoms. The first-order valence-corrected chi connectivity index (χ1v) is 5.72. The van der Waals surface area contributed by atoms with Crippen molar-refractivity contribution in [2.75, 3.05) is 19.6 Å². The average molecular weight is 233 g/mol. The molecule has 90 valence electrons. The van der Waals surface area contributed by atoms with Gasteiger partial charge >= 0.3 is 5.97 Å². The zero-order chi connectivity index (χ0) is 12.3. The molecule has 0 saturated carbocycles. The minimum absolute atomic E-state index is 0.242. The summed E-state index contributed by atoms with van der Waals surface area (Å²) < 4.78 is 1.84. The van der Waals surface area contributed by atoms with Gasteiger partial charge in [0.15, 0.2) is 0 Å². The van der Waals surface area contributed by atoms with E-state index in [9.17, 15) is 4.79 Å². The summed E-state index contributed by atoms with van der Waals surface area (Å²) in [6, 6.07) is 5.78. The van der Waals surface area contributed by atoms with Crippen LogP contribution in [0.1, 0.15) is 29.4 Å². The van der Waals surface area contributed by atoms with Crippen LogP contribution < -0.4 is 0 Å². The quantitative estimate of drug-likeness (QED) is 0.800. The number of rotatable bonds is 3. The van der Waals surface area contributed by atoms with E-state index < -0.39 is 5.97 Å². The van der Waals surface area contributed by atoms with Crippen LogP contribution in [0, 0.1) is 11.3 Å². The van der Waals surface area contributed by atoms with Crippen LogP contribution in [0.4, 0.5) is 0 Å². The second-order valence-corrected chi connectivity index (χ2v) is 4.27. The first kappa shape index (κ1) is 11.7. The van der Waals surface area contributed by atoms with Crippen LogP contribution in [0.25, 0.3) is 0 Å². The molecule has 1 aliphatic rings. The van der Waals surface area contributed by atoms with Gasteiger partial charge in [-0.1, -0.05) is 0 Å². The Bertz CT molecular complexity index is 439. The van der Waals surface area contributed by atoms with Gasteiger partial charge in [0.05, 0.1) is 12.6 Å². The molecule has 1 aliphatic heterocycles. The highest BCUT2D eigenvalue weighted by atomic mass is 16.4. The molecule has 1 aromatic heterocycles. The van der Waals surface area contributed by atoms with Crippen molar-refractivity contribution in [3.8, 4) is 6.07 Å². The Hall–Kier alpha value is -1.80. The zero-order valence-corrected chi connectivity index (χ0v) is 9.54. The summed E-state index contributed by atoms with van der Waals surface area (Å²) in [5, 5.41) is 17.7. The van der Waals surface area contributed by atoms with E-state index in [0.717, 1.165) is 25.9 Å². The summed E-state index contributed by atoms with van der Waals surface area (Å²) >= 11 is 0. The molecule has 1 aromatic rings. The van der Waals surface area contributed by atoms with Crippen LogP contribution in [0.3, 0.4) is 0 Å². The van der Waals surface area contributed by atoms with E-state index in [4.69, 9.17) is 10.4 Å². The van der Waals surface area contributed by atoms with Crippen molar-refractivity contribution in [1.29, 1.82) is 5.26 Å². The number of aromatic carboxylic acids is 1. The van der Waals surface area contributed by atoms with E-state index >= 15 is 0 Å². The molecule has 0 unspecified atom stereocenters. The number of carboxylic acids is 1. The summed E-state index contributed by atoms with van der Waals surface area (Å²) in [6.07, 6.45) is 3.63. The second-order valence-electron chi connectivity index (χ2n) is 4.27. The molecule has 1 fully saturated rings. The molecule has 1 N–H and O–H groups in total. The first-order valence-electron chi connectivity index (χ1n) is 5.72. The molecular weight excluding hydrogens is 218 g/mol. The molecule has 2 rings (SSSR count). The number of piperidine rings is 1. The molecule has 0 aliphatic carbocycles. The van der Waals surface area contributed by atoms with Gasteiger partial charge < -0.3 is 9.67 Å². The van der Waals surface area contributed by atoms with Gasteiger partial charge in [0.25, 0.3) is 0 Å². The Kier molecular flexibility index (Phi) is 3.45. The van der Waals surface area contributed by atoms with Crippen molar-refractivity contribution in [2.24, 2.45) is 0 Å². The van der Waals surface area contributed by atoms with Gasteiger partial charge in [0, 0.05) is 25.3 Å². The molecule has 2 heterocycles. The summed E-state index contributed by atoms with van der Waals surface area (Å²) in [5.74, 6) is -0.880. The predicted molar refractivity (Wildman–Crippen MR) is 61.7 cm³/mol. The lowest BCUT2D eigenvalue weighted by atomic mass is 10.0. The van der Waals surface area contributed by atoms with Gasteiger partial charge in [-0.25, -0.2) is 4.79 Å². The van der Waals surface area contributed by atoms with Crippen molar-refractivity contribution < 1.29 is 9.90 Å². The van der Waals surface area contributed by atoms with Gasteiger partial charge in [-0.15, -0.1) is 0 Å². The van der Waals surface area contributed by atoms with Crippen LogP contribution in [-0.4, -0.2) is 40.2 Å². The molecule has 0 bridgehead atoms. The van der Waals surface area contributed by atoms with Gasteiger partial charge in [-0.2, -0.15) is 5.26 Å². The summed E-state index contributed by atoms with van der Waals surface area (Å²) in [4.78, 5) is 13.1. The minimum atomic E-state index is -0.880. The molecule has 0 aromatic carbocycles. The fourth-order valence-electron chi connectivity index (χ4n) is 2.35. The van der Waals surface area contributed by atoms with E-state index in [-0.39, 0.29) is 6.04 Å². The lowest BCUT2D eigenvalue weighted by Crippen LogP contribution is -2.35. The Morgan fingerprint density at radius 2 is 2.24 bits per heavy atom. The normalized spacial score (nSPS) is 17.8. The summed E-state index contributed by atoms with van der Waals surface area (Å²) in [6.45, 7) is 2.18. The second kappa shape index (κ2) is 5.02. The highest BCUT2D eigenvalue weighted by molar-refractivity contribution is 5.85. The predicted octanol–water partition coefficient (Wildman–Crippen LogP) is 1.35. The van der Waals surface area contributed by atoms with Crippen LogP contribution in [0.15, 0.2) is 18.3 Å². The fraction of sp³-hybridized carbons (Fsp3) is 0.500. The monoisotopic (exact) mass is 233 g/mol. The molecule has 5 nitrogen and oxygen atoms in total. The third-order valence-corrected chi connectivity index (χ3v) is 3.24. The third-order valence-electron chi connectivity index (χ3n) is 3.24. The average Bonchev–Trinajstić information content (AvgIpc) is 2.79. The van der Waals surface area contributed by atoms with Crippen LogP contribution in [0.2, 0.25) is 0 Å². The van der Waals surface area contributed by atoms with E-state index in [0.29, 0.717) is 12.2 Å². The Balaban J connectivity index is 2.03. The molecule has 0 amide bonds. The SMILES string of the molecule is N#CCN1CCC(n2cccc2C(=O)O)CC1. The fourth-order valence-corrected chi connectivity index (χ4v) is 2.35. The number of likely N-dealkylation sites (tertiary alicyclic amines) is 1. The van der Waals surface area contributed by atoms with E-state index in [1.54, 1.807) is 12.1 Å². The standard InChI is InChI=1S/C12H15N3O2/c13-5-9-14-7-3-10(4-8-14)15-6-1-2-11(15)12(16)17/h1-2,6,10H,3-4,7-9H2,(H,16,17). The Morgan fingerprint density at radius 1 is 1.53 bits per heavy atom. The van der Waals surface area contributed by atoms with Crippen LogP contribution in [0.5, 0.6) is 0 Å². The van der Waals surface area contributed by atoms with Crippen molar-refractivity contribution in [3.63, 3.8) is 0 Å². The molecule has 5 heteroatoms. The highest BCUT2D eigenvalue weighted by Crippen LogP contribution is 2.24. The number of nitriles is 1. The highest BCUT2D eigenvalue weighted by Gasteiger charge is 2.22. The third kappa shape index (κ3) is 2.48. The molecule has 0 atom stereocenters. The molecule has 0 radical (unpaired) electrons. The smallest absolute Gasteiger partial charge is 0.352 e. The van der Waals surface area contributed by atoms with E-state index in [1.165, 1.54) is 0 Å². The maximum absolute atomic E-state index is 11.0. The number of carboxylic acid groups (broad SMARTS) is 1. The van der Waals surface area contributed by atoms with E-state index in [2.05, 4.69) is 11.0 Å². The minimum Gasteiger partial charge on any atom is -0.477 e. The van der Waals surface area contributed by atoms with E-state index in [1.807, 2.05) is 10.8 Å². The summed E-state index contributed by atoms with van der Waals surface area (Å²) in [7, 11) is 0. The topological polar surface area (TPSA) is 69.3 Å². The van der Waals surface area contributed by atoms with Crippen LogP contribution >= 0.6 is 0 Å². The lowest BCUT2D eigenvalue weighted by molar-refractivity contribution is 0.0678. The van der Waals surface area contributed by atoms with Crippen molar-refractivity contribution in [1.82, 2.24) is 9.47 Å². The zero-order valence-electron chi connectivity index (χ0n) is 9.54. The summed E-state index contributed by atoms with van der Waals surface area (Å²) in [5.41, 5.74) is 0.351. The molecule has 0 spiro atoms. The van der Waals surface area contributed by atoms with Gasteiger partial charge in [0.2, 0.25) is 0 Å². The number of carbonyl (C=O) groups is 1. The van der Waals surface area contributed by atoms with Crippen LogP contribution in [-0.2, 0) is 0 Å². The van der Waals surface area contributed by atoms with Crippen molar-refractivity contribution in [3.05, 3.63) is 24.0 Å². The number of nitrogens with zero attached hydrogens (tertiary/aromatic N) is 3. The lowest BCUT2D eigenvalue weighted by Gasteiger charge is -2.31. The Labute approximate surface area is 99.9 Å². The van der Waals surface area contributed by atoms with Crippen molar-refractivity contribution >= 4 is 5.97 Å². The van der Waals surface area contributed by atoms with Gasteiger partial charge in [-0.05, 0) is 25.0 Å². The Morgan fingerprint density at radius 3 is 2.82 bits per heavy atom. The molecule has 1 saturated heterocycles.